The zero-order chi connectivity index (χ0) is 14.3. The molecule has 1 rings (SSSR count). The van der Waals surface area contributed by atoms with Crippen LogP contribution in [0, 0.1) is 0 Å². The van der Waals surface area contributed by atoms with Gasteiger partial charge < -0.3 is 14.4 Å². The minimum absolute atomic E-state index is 0.141. The van der Waals surface area contributed by atoms with E-state index in [0.717, 1.165) is 19.6 Å². The Bertz CT molecular complexity index is 402. The van der Waals surface area contributed by atoms with Crippen LogP contribution in [0.5, 0.6) is 5.75 Å². The van der Waals surface area contributed by atoms with Crippen molar-refractivity contribution in [2.75, 3.05) is 26.7 Å². The first kappa shape index (κ1) is 15.5. The number of carbonyl (C=O) groups excluding carboxylic acids is 1. The molecule has 0 saturated carbocycles. The molecule has 0 aromatic heterocycles. The van der Waals surface area contributed by atoms with E-state index in [1.54, 1.807) is 25.3 Å². The molecule has 0 fully saturated rings. The van der Waals surface area contributed by atoms with Crippen LogP contribution in [-0.4, -0.2) is 43.7 Å². The highest BCUT2D eigenvalue weighted by atomic mass is 16.5. The molecule has 0 aliphatic carbocycles. The zero-order valence-corrected chi connectivity index (χ0v) is 12.2. The fraction of sp³-hybridized carbons (Fsp3) is 0.533. The van der Waals surface area contributed by atoms with Crippen molar-refractivity contribution in [3.8, 4) is 5.75 Å². The highest BCUT2D eigenvalue weighted by Gasteiger charge is 2.17. The first-order valence-corrected chi connectivity index (χ1v) is 6.68. The summed E-state index contributed by atoms with van der Waals surface area (Å²) < 4.78 is 10.6. The van der Waals surface area contributed by atoms with Gasteiger partial charge in [0.2, 0.25) is 0 Å². The molecule has 106 valence electrons. The van der Waals surface area contributed by atoms with E-state index in [1.165, 1.54) is 0 Å². The van der Waals surface area contributed by atoms with Gasteiger partial charge in [0, 0.05) is 6.54 Å². The summed E-state index contributed by atoms with van der Waals surface area (Å²) in [6.07, 6.45) is -0.141. The lowest BCUT2D eigenvalue weighted by Gasteiger charge is -2.22. The summed E-state index contributed by atoms with van der Waals surface area (Å²) in [5.74, 6) is 0.208. The summed E-state index contributed by atoms with van der Waals surface area (Å²) in [5, 5.41) is 0. The number of para-hydroxylation sites is 1. The van der Waals surface area contributed by atoms with Gasteiger partial charge in [0.25, 0.3) is 0 Å². The van der Waals surface area contributed by atoms with Gasteiger partial charge in [0.15, 0.2) is 0 Å². The smallest absolute Gasteiger partial charge is 0.342 e. The standard InChI is InChI=1S/C15H23NO3/c1-5-16(6-2)11-12(3)19-15(17)13-9-7-8-10-14(13)18-4/h7-10,12H,5-6,11H2,1-4H3/t12-/m1/s1. The molecule has 0 aliphatic rings. The first-order valence-electron chi connectivity index (χ1n) is 6.68. The number of hydrogen-bond acceptors (Lipinski definition) is 4. The van der Waals surface area contributed by atoms with E-state index in [2.05, 4.69) is 18.7 Å². The van der Waals surface area contributed by atoms with Crippen molar-refractivity contribution in [3.63, 3.8) is 0 Å². The second-order valence-electron chi connectivity index (χ2n) is 4.40. The van der Waals surface area contributed by atoms with E-state index in [9.17, 15) is 4.79 Å². The van der Waals surface area contributed by atoms with E-state index in [4.69, 9.17) is 9.47 Å². The molecule has 0 spiro atoms. The predicted octanol–water partition coefficient (Wildman–Crippen LogP) is 2.58. The molecule has 19 heavy (non-hydrogen) atoms. The van der Waals surface area contributed by atoms with Gasteiger partial charge in [-0.1, -0.05) is 26.0 Å². The molecule has 1 aromatic carbocycles. The molecule has 0 radical (unpaired) electrons. The Morgan fingerprint density at radius 3 is 2.47 bits per heavy atom. The first-order chi connectivity index (χ1) is 9.12. The Balaban J connectivity index is 2.63. The molecule has 4 nitrogen and oxygen atoms in total. The quantitative estimate of drug-likeness (QED) is 0.710. The molecular formula is C15H23NO3. The maximum absolute atomic E-state index is 12.1. The van der Waals surface area contributed by atoms with Crippen LogP contribution in [0.3, 0.4) is 0 Å². The Morgan fingerprint density at radius 1 is 1.26 bits per heavy atom. The van der Waals surface area contributed by atoms with Crippen LogP contribution in [0.2, 0.25) is 0 Å². The van der Waals surface area contributed by atoms with E-state index < -0.39 is 0 Å². The molecule has 0 amide bonds. The van der Waals surface area contributed by atoms with Gasteiger partial charge in [0.1, 0.15) is 17.4 Å². The highest BCUT2D eigenvalue weighted by molar-refractivity contribution is 5.92. The minimum Gasteiger partial charge on any atom is -0.496 e. The van der Waals surface area contributed by atoms with Crippen LogP contribution in [0.1, 0.15) is 31.1 Å². The van der Waals surface area contributed by atoms with Crippen molar-refractivity contribution >= 4 is 5.97 Å². The molecule has 1 aromatic rings. The number of carbonyl (C=O) groups is 1. The van der Waals surface area contributed by atoms with Gasteiger partial charge in [-0.05, 0) is 32.1 Å². The lowest BCUT2D eigenvalue weighted by Crippen LogP contribution is -2.33. The van der Waals surface area contributed by atoms with E-state index in [1.807, 2.05) is 13.0 Å². The maximum Gasteiger partial charge on any atom is 0.342 e. The van der Waals surface area contributed by atoms with Crippen LogP contribution in [0.25, 0.3) is 0 Å². The molecule has 0 heterocycles. The Hall–Kier alpha value is -1.55. The molecular weight excluding hydrogens is 242 g/mol. The second-order valence-corrected chi connectivity index (χ2v) is 4.40. The Morgan fingerprint density at radius 2 is 1.89 bits per heavy atom. The number of likely N-dealkylation sites (N-methyl/N-ethyl adjacent to an activating group) is 1. The predicted molar refractivity (Wildman–Crippen MR) is 75.7 cm³/mol. The van der Waals surface area contributed by atoms with Crippen molar-refractivity contribution < 1.29 is 14.3 Å². The monoisotopic (exact) mass is 265 g/mol. The summed E-state index contributed by atoms with van der Waals surface area (Å²) in [7, 11) is 1.55. The van der Waals surface area contributed by atoms with Gasteiger partial charge in [-0.2, -0.15) is 0 Å². The highest BCUT2D eigenvalue weighted by Crippen LogP contribution is 2.18. The van der Waals surface area contributed by atoms with Gasteiger partial charge in [0.05, 0.1) is 7.11 Å². The molecule has 0 N–H and O–H groups in total. The van der Waals surface area contributed by atoms with Crippen LogP contribution in [-0.2, 0) is 4.74 Å². The summed E-state index contributed by atoms with van der Waals surface area (Å²) in [5.41, 5.74) is 0.469. The van der Waals surface area contributed by atoms with Gasteiger partial charge >= 0.3 is 5.97 Å². The third-order valence-corrected chi connectivity index (χ3v) is 3.04. The third kappa shape index (κ3) is 4.56. The second kappa shape index (κ2) is 7.79. The lowest BCUT2D eigenvalue weighted by atomic mass is 10.2. The number of rotatable bonds is 7. The molecule has 4 heteroatoms. The Kier molecular flexibility index (Phi) is 6.36. The van der Waals surface area contributed by atoms with Crippen LogP contribution in [0.15, 0.2) is 24.3 Å². The summed E-state index contributed by atoms with van der Waals surface area (Å²) in [4.78, 5) is 14.3. The minimum atomic E-state index is -0.336. The van der Waals surface area contributed by atoms with Crippen molar-refractivity contribution in [2.24, 2.45) is 0 Å². The fourth-order valence-corrected chi connectivity index (χ4v) is 1.94. The van der Waals surface area contributed by atoms with E-state index in [-0.39, 0.29) is 12.1 Å². The summed E-state index contributed by atoms with van der Waals surface area (Å²) in [6, 6.07) is 7.10. The van der Waals surface area contributed by atoms with Gasteiger partial charge in [-0.25, -0.2) is 4.79 Å². The number of nitrogens with zero attached hydrogens (tertiary/aromatic N) is 1. The fourth-order valence-electron chi connectivity index (χ4n) is 1.94. The van der Waals surface area contributed by atoms with E-state index in [0.29, 0.717) is 11.3 Å². The van der Waals surface area contributed by atoms with Gasteiger partial charge in [-0.15, -0.1) is 0 Å². The van der Waals surface area contributed by atoms with Crippen LogP contribution >= 0.6 is 0 Å². The van der Waals surface area contributed by atoms with Crippen molar-refractivity contribution in [1.29, 1.82) is 0 Å². The molecule has 0 aliphatic heterocycles. The topological polar surface area (TPSA) is 38.8 Å². The van der Waals surface area contributed by atoms with Crippen molar-refractivity contribution in [2.45, 2.75) is 26.9 Å². The number of methoxy groups -OCH3 is 1. The third-order valence-electron chi connectivity index (χ3n) is 3.04. The lowest BCUT2D eigenvalue weighted by molar-refractivity contribution is 0.0257. The normalized spacial score (nSPS) is 12.3. The van der Waals surface area contributed by atoms with E-state index >= 15 is 0 Å². The van der Waals surface area contributed by atoms with Crippen molar-refractivity contribution in [3.05, 3.63) is 29.8 Å². The van der Waals surface area contributed by atoms with Crippen LogP contribution < -0.4 is 4.74 Å². The number of benzene rings is 1. The van der Waals surface area contributed by atoms with Crippen LogP contribution in [0.4, 0.5) is 0 Å². The average molecular weight is 265 g/mol. The summed E-state index contributed by atoms with van der Waals surface area (Å²) >= 11 is 0. The number of hydrogen-bond donors (Lipinski definition) is 0. The summed E-state index contributed by atoms with van der Waals surface area (Å²) in [6.45, 7) is 8.75. The molecule has 0 bridgehead atoms. The number of esters is 1. The van der Waals surface area contributed by atoms with Gasteiger partial charge in [-0.3, -0.25) is 0 Å². The zero-order valence-electron chi connectivity index (χ0n) is 12.2. The number of ether oxygens (including phenoxy) is 2. The largest absolute Gasteiger partial charge is 0.496 e. The molecule has 1 atom stereocenters. The van der Waals surface area contributed by atoms with Crippen molar-refractivity contribution in [1.82, 2.24) is 4.90 Å². The molecule has 0 unspecified atom stereocenters. The maximum atomic E-state index is 12.1. The average Bonchev–Trinajstić information content (AvgIpc) is 2.44. The Labute approximate surface area is 115 Å². The SMILES string of the molecule is CCN(CC)C[C@@H](C)OC(=O)c1ccccc1OC. The molecule has 0 saturated heterocycles.